The van der Waals surface area contributed by atoms with Crippen molar-refractivity contribution in [1.82, 2.24) is 4.98 Å². The largest absolute Gasteiger partial charge is 0.388 e. The summed E-state index contributed by atoms with van der Waals surface area (Å²) in [6.45, 7) is 4.20. The van der Waals surface area contributed by atoms with Crippen molar-refractivity contribution in [3.8, 4) is 0 Å². The Balaban J connectivity index is 2.09. The minimum atomic E-state index is -0.375. The van der Waals surface area contributed by atoms with Crippen molar-refractivity contribution >= 4 is 22.6 Å². The number of benzene rings is 2. The summed E-state index contributed by atoms with van der Waals surface area (Å²) < 4.78 is 5.32. The van der Waals surface area contributed by atoms with Crippen molar-refractivity contribution in [2.45, 2.75) is 26.7 Å². The first kappa shape index (κ1) is 14.3. The van der Waals surface area contributed by atoms with Crippen molar-refractivity contribution < 1.29 is 4.42 Å². The third-order valence-electron chi connectivity index (χ3n) is 3.77. The Hall–Kier alpha value is -2.62. The molecular weight excluding hydrogens is 276 g/mol. The monoisotopic (exact) mass is 294 g/mol. The molecule has 0 fully saturated rings. The van der Waals surface area contributed by atoms with Gasteiger partial charge in [0.1, 0.15) is 0 Å². The van der Waals surface area contributed by atoms with Gasteiger partial charge in [0.15, 0.2) is 0 Å². The van der Waals surface area contributed by atoms with Gasteiger partial charge in [-0.3, -0.25) is 0 Å². The van der Waals surface area contributed by atoms with Gasteiger partial charge in [-0.05, 0) is 36.1 Å². The Morgan fingerprint density at radius 3 is 2.36 bits per heavy atom. The number of nitrogens with one attached hydrogen (secondary N) is 1. The quantitative estimate of drug-likeness (QED) is 0.788. The van der Waals surface area contributed by atoms with E-state index >= 15 is 0 Å². The maximum absolute atomic E-state index is 12.1. The first-order valence-electron chi connectivity index (χ1n) is 7.50. The molecule has 4 heteroatoms. The molecule has 1 heterocycles. The van der Waals surface area contributed by atoms with Crippen LogP contribution in [0.15, 0.2) is 51.7 Å². The average molecular weight is 294 g/mol. The normalized spacial score (nSPS) is 10.8. The standard InChI is InChI=1S/C18H18N2O2/c1-3-12-8-7-9-13(4-2)16(12)20-18-19-15-11-6-5-10-14(15)17(21)22-18/h5-11H,3-4H2,1-2H3,(H,19,20). The van der Waals surface area contributed by atoms with Crippen LogP contribution >= 0.6 is 0 Å². The summed E-state index contributed by atoms with van der Waals surface area (Å²) in [4.78, 5) is 16.5. The molecule has 4 nitrogen and oxygen atoms in total. The fourth-order valence-electron chi connectivity index (χ4n) is 2.58. The zero-order valence-corrected chi connectivity index (χ0v) is 12.7. The van der Waals surface area contributed by atoms with Gasteiger partial charge in [0.05, 0.1) is 10.9 Å². The van der Waals surface area contributed by atoms with Gasteiger partial charge in [-0.15, -0.1) is 0 Å². The lowest BCUT2D eigenvalue weighted by atomic mass is 10.0. The summed E-state index contributed by atoms with van der Waals surface area (Å²) in [7, 11) is 0. The van der Waals surface area contributed by atoms with E-state index in [0.717, 1.165) is 18.5 Å². The van der Waals surface area contributed by atoms with Crippen molar-refractivity contribution in [1.29, 1.82) is 0 Å². The van der Waals surface area contributed by atoms with Crippen LogP contribution in [0.5, 0.6) is 0 Å². The van der Waals surface area contributed by atoms with Crippen LogP contribution in [0.1, 0.15) is 25.0 Å². The lowest BCUT2D eigenvalue weighted by molar-refractivity contribution is 0.522. The van der Waals surface area contributed by atoms with Crippen molar-refractivity contribution in [2.75, 3.05) is 5.32 Å². The molecule has 0 aliphatic carbocycles. The predicted molar refractivity (Wildman–Crippen MR) is 88.8 cm³/mol. The third-order valence-corrected chi connectivity index (χ3v) is 3.77. The van der Waals surface area contributed by atoms with Crippen LogP contribution in [-0.2, 0) is 12.8 Å². The topological polar surface area (TPSA) is 55.1 Å². The number of anilines is 2. The lowest BCUT2D eigenvalue weighted by Crippen LogP contribution is -2.07. The summed E-state index contributed by atoms with van der Waals surface area (Å²) in [6, 6.07) is 13.6. The number of fused-ring (bicyclic) bond motifs is 1. The van der Waals surface area contributed by atoms with E-state index in [9.17, 15) is 4.79 Å². The molecule has 0 amide bonds. The van der Waals surface area contributed by atoms with Gasteiger partial charge in [-0.2, -0.15) is 4.98 Å². The highest BCUT2D eigenvalue weighted by Crippen LogP contribution is 2.25. The van der Waals surface area contributed by atoms with Crippen LogP contribution in [-0.4, -0.2) is 4.98 Å². The minimum Gasteiger partial charge on any atom is -0.388 e. The van der Waals surface area contributed by atoms with E-state index < -0.39 is 0 Å². The highest BCUT2D eigenvalue weighted by atomic mass is 16.4. The van der Waals surface area contributed by atoms with Crippen LogP contribution in [0, 0.1) is 0 Å². The van der Waals surface area contributed by atoms with Crippen LogP contribution in [0.4, 0.5) is 11.7 Å². The van der Waals surface area contributed by atoms with Gasteiger partial charge in [0.2, 0.25) is 0 Å². The minimum absolute atomic E-state index is 0.235. The van der Waals surface area contributed by atoms with Crippen LogP contribution in [0.2, 0.25) is 0 Å². The zero-order valence-electron chi connectivity index (χ0n) is 12.7. The van der Waals surface area contributed by atoms with Gasteiger partial charge >= 0.3 is 11.6 Å². The van der Waals surface area contributed by atoms with Gasteiger partial charge in [0, 0.05) is 5.69 Å². The molecule has 3 rings (SSSR count). The van der Waals surface area contributed by atoms with Crippen molar-refractivity contribution in [2.24, 2.45) is 0 Å². The molecule has 0 radical (unpaired) electrons. The van der Waals surface area contributed by atoms with E-state index in [2.05, 4.69) is 36.3 Å². The van der Waals surface area contributed by atoms with E-state index in [1.165, 1.54) is 11.1 Å². The lowest BCUT2D eigenvalue weighted by Gasteiger charge is -2.13. The van der Waals surface area contributed by atoms with Crippen molar-refractivity contribution in [3.63, 3.8) is 0 Å². The summed E-state index contributed by atoms with van der Waals surface area (Å²) >= 11 is 0. The number of nitrogens with zero attached hydrogens (tertiary/aromatic N) is 1. The molecular formula is C18H18N2O2. The molecule has 0 atom stereocenters. The summed E-state index contributed by atoms with van der Waals surface area (Å²) in [5, 5.41) is 3.69. The first-order valence-corrected chi connectivity index (χ1v) is 7.50. The fourth-order valence-corrected chi connectivity index (χ4v) is 2.58. The number of hydrogen-bond acceptors (Lipinski definition) is 4. The molecule has 2 aromatic carbocycles. The van der Waals surface area contributed by atoms with Crippen LogP contribution < -0.4 is 10.9 Å². The molecule has 3 aromatic rings. The van der Waals surface area contributed by atoms with Gasteiger partial charge in [0.25, 0.3) is 0 Å². The smallest absolute Gasteiger partial charge is 0.348 e. The molecule has 112 valence electrons. The summed E-state index contributed by atoms with van der Waals surface area (Å²) in [5.41, 5.74) is 3.60. The maximum Gasteiger partial charge on any atom is 0.348 e. The summed E-state index contributed by atoms with van der Waals surface area (Å²) in [6.07, 6.45) is 1.79. The number of hydrogen-bond donors (Lipinski definition) is 1. The molecule has 1 N–H and O–H groups in total. The van der Waals surface area contributed by atoms with Gasteiger partial charge < -0.3 is 9.73 Å². The predicted octanol–water partition coefficient (Wildman–Crippen LogP) is 4.06. The SMILES string of the molecule is CCc1cccc(CC)c1Nc1nc2ccccc2c(=O)o1. The fraction of sp³-hybridized carbons (Fsp3) is 0.222. The zero-order chi connectivity index (χ0) is 15.5. The Labute approximate surface area is 128 Å². The second kappa shape index (κ2) is 6.02. The highest BCUT2D eigenvalue weighted by Gasteiger charge is 2.10. The molecule has 0 unspecified atom stereocenters. The maximum atomic E-state index is 12.1. The average Bonchev–Trinajstić information content (AvgIpc) is 2.55. The molecule has 0 aliphatic rings. The van der Waals surface area contributed by atoms with E-state index in [0.29, 0.717) is 10.9 Å². The van der Waals surface area contributed by atoms with Crippen LogP contribution in [0.3, 0.4) is 0 Å². The van der Waals surface area contributed by atoms with Crippen LogP contribution in [0.25, 0.3) is 10.9 Å². The number of rotatable bonds is 4. The van der Waals surface area contributed by atoms with E-state index in [1.54, 1.807) is 12.1 Å². The number of para-hydroxylation sites is 2. The summed E-state index contributed by atoms with van der Waals surface area (Å²) in [5.74, 6) is 0. The van der Waals surface area contributed by atoms with E-state index in [4.69, 9.17) is 4.42 Å². The van der Waals surface area contributed by atoms with Crippen molar-refractivity contribution in [3.05, 3.63) is 64.0 Å². The van der Waals surface area contributed by atoms with E-state index in [-0.39, 0.29) is 11.6 Å². The third kappa shape index (κ3) is 2.60. The first-order chi connectivity index (χ1) is 10.7. The Kier molecular flexibility index (Phi) is 3.92. The van der Waals surface area contributed by atoms with Gasteiger partial charge in [-0.25, -0.2) is 4.79 Å². The Bertz CT molecular complexity index is 846. The molecule has 0 aliphatic heterocycles. The second-order valence-electron chi connectivity index (χ2n) is 5.11. The highest BCUT2D eigenvalue weighted by molar-refractivity contribution is 5.78. The molecule has 0 saturated carbocycles. The molecule has 0 bridgehead atoms. The molecule has 22 heavy (non-hydrogen) atoms. The number of aryl methyl sites for hydroxylation is 2. The Morgan fingerprint density at radius 2 is 1.68 bits per heavy atom. The van der Waals surface area contributed by atoms with Gasteiger partial charge in [-0.1, -0.05) is 44.2 Å². The molecule has 1 aromatic heterocycles. The second-order valence-corrected chi connectivity index (χ2v) is 5.11. The Morgan fingerprint density at radius 1 is 1.00 bits per heavy atom. The number of aromatic nitrogens is 1. The van der Waals surface area contributed by atoms with E-state index in [1.807, 2.05) is 18.2 Å². The molecule has 0 saturated heterocycles. The molecule has 0 spiro atoms.